The number of hydrogen-bond donors (Lipinski definition) is 1. The van der Waals surface area contributed by atoms with Gasteiger partial charge < -0.3 is 14.7 Å². The molecule has 0 aliphatic heterocycles. The number of aliphatic hydroxyl groups is 1. The number of anilines is 1. The molecule has 0 aliphatic rings. The number of carbonyl (C=O) groups is 1. The van der Waals surface area contributed by atoms with Crippen molar-refractivity contribution in [3.63, 3.8) is 0 Å². The van der Waals surface area contributed by atoms with E-state index in [-0.39, 0.29) is 12.5 Å². The van der Waals surface area contributed by atoms with Crippen LogP contribution in [-0.2, 0) is 9.53 Å². The Labute approximate surface area is 116 Å². The molecular formula is C13H18BrNO3. The molecular weight excluding hydrogens is 298 g/mol. The van der Waals surface area contributed by atoms with Crippen LogP contribution in [0.25, 0.3) is 0 Å². The summed E-state index contributed by atoms with van der Waals surface area (Å²) in [5, 5.41) is 8.61. The van der Waals surface area contributed by atoms with Gasteiger partial charge >= 0.3 is 0 Å². The fourth-order valence-corrected chi connectivity index (χ4v) is 1.83. The standard InChI is InChI=1S/C13H18BrNO3/c1-10-9-12(3-4-13(10)14)15(11(2)17)5-7-18-8-6-16/h3-4,9,16H,5-8H2,1-2H3. The number of benzene rings is 1. The largest absolute Gasteiger partial charge is 0.394 e. The summed E-state index contributed by atoms with van der Waals surface area (Å²) in [6.45, 7) is 4.70. The molecule has 0 aromatic heterocycles. The highest BCUT2D eigenvalue weighted by Crippen LogP contribution is 2.23. The molecule has 1 N–H and O–H groups in total. The first-order chi connectivity index (χ1) is 8.56. The minimum absolute atomic E-state index is 0.00252. The van der Waals surface area contributed by atoms with Gasteiger partial charge in [0.1, 0.15) is 0 Å². The minimum atomic E-state index is -0.0238. The van der Waals surface area contributed by atoms with Gasteiger partial charge in [-0.25, -0.2) is 0 Å². The molecule has 4 nitrogen and oxygen atoms in total. The Morgan fingerprint density at radius 1 is 1.44 bits per heavy atom. The van der Waals surface area contributed by atoms with Crippen LogP contribution in [0.1, 0.15) is 12.5 Å². The van der Waals surface area contributed by atoms with Gasteiger partial charge in [0.25, 0.3) is 0 Å². The Bertz CT molecular complexity index is 409. The molecule has 5 heteroatoms. The number of amides is 1. The predicted octanol–water partition coefficient (Wildman–Crippen LogP) is 2.12. The van der Waals surface area contributed by atoms with E-state index in [2.05, 4.69) is 15.9 Å². The number of rotatable bonds is 6. The van der Waals surface area contributed by atoms with Crippen molar-refractivity contribution in [2.24, 2.45) is 0 Å². The summed E-state index contributed by atoms with van der Waals surface area (Å²) in [5.74, 6) is -0.0238. The normalized spacial score (nSPS) is 10.4. The molecule has 0 fully saturated rings. The first-order valence-electron chi connectivity index (χ1n) is 5.79. The maximum absolute atomic E-state index is 11.6. The van der Waals surface area contributed by atoms with E-state index in [9.17, 15) is 4.79 Å². The summed E-state index contributed by atoms with van der Waals surface area (Å²) in [7, 11) is 0. The molecule has 0 heterocycles. The summed E-state index contributed by atoms with van der Waals surface area (Å²) in [6, 6.07) is 5.78. The zero-order valence-corrected chi connectivity index (χ0v) is 12.2. The lowest BCUT2D eigenvalue weighted by molar-refractivity contribution is -0.116. The number of hydrogen-bond acceptors (Lipinski definition) is 3. The predicted molar refractivity (Wildman–Crippen MR) is 74.8 cm³/mol. The Morgan fingerprint density at radius 2 is 2.17 bits per heavy atom. The second-order valence-electron chi connectivity index (χ2n) is 3.94. The summed E-state index contributed by atoms with van der Waals surface area (Å²) in [6.07, 6.45) is 0. The van der Waals surface area contributed by atoms with Crippen LogP contribution in [0.4, 0.5) is 5.69 Å². The van der Waals surface area contributed by atoms with E-state index >= 15 is 0 Å². The lowest BCUT2D eigenvalue weighted by Gasteiger charge is -2.21. The van der Waals surface area contributed by atoms with Gasteiger partial charge in [-0.05, 0) is 30.7 Å². The molecule has 1 aromatic rings. The quantitative estimate of drug-likeness (QED) is 0.818. The third kappa shape index (κ3) is 4.40. The van der Waals surface area contributed by atoms with Crippen LogP contribution < -0.4 is 4.90 Å². The molecule has 100 valence electrons. The number of aryl methyl sites for hydroxylation is 1. The Balaban J connectivity index is 2.71. The smallest absolute Gasteiger partial charge is 0.223 e. The van der Waals surface area contributed by atoms with E-state index in [1.165, 1.54) is 6.92 Å². The molecule has 0 unspecified atom stereocenters. The SMILES string of the molecule is CC(=O)N(CCOCCO)c1ccc(Br)c(C)c1. The van der Waals surface area contributed by atoms with Crippen molar-refractivity contribution < 1.29 is 14.6 Å². The fourth-order valence-electron chi connectivity index (χ4n) is 1.59. The second-order valence-corrected chi connectivity index (χ2v) is 4.79. The van der Waals surface area contributed by atoms with Crippen molar-refractivity contribution in [2.75, 3.05) is 31.3 Å². The lowest BCUT2D eigenvalue weighted by Crippen LogP contribution is -2.32. The monoisotopic (exact) mass is 315 g/mol. The lowest BCUT2D eigenvalue weighted by atomic mass is 10.2. The van der Waals surface area contributed by atoms with Crippen LogP contribution in [0, 0.1) is 6.92 Å². The molecule has 0 aliphatic carbocycles. The van der Waals surface area contributed by atoms with Gasteiger partial charge in [0, 0.05) is 23.6 Å². The summed E-state index contributed by atoms with van der Waals surface area (Å²) < 4.78 is 6.21. The zero-order valence-electron chi connectivity index (χ0n) is 10.6. The Kier molecular flexibility index (Phi) is 6.32. The molecule has 0 radical (unpaired) electrons. The van der Waals surface area contributed by atoms with Gasteiger partial charge in [0.15, 0.2) is 0 Å². The van der Waals surface area contributed by atoms with E-state index in [0.717, 1.165) is 15.7 Å². The van der Waals surface area contributed by atoms with Gasteiger partial charge in [-0.2, -0.15) is 0 Å². The highest BCUT2D eigenvalue weighted by atomic mass is 79.9. The van der Waals surface area contributed by atoms with Gasteiger partial charge in [-0.1, -0.05) is 15.9 Å². The summed E-state index contributed by atoms with van der Waals surface area (Å²) in [5.41, 5.74) is 1.94. The average molecular weight is 316 g/mol. The maximum atomic E-state index is 11.6. The summed E-state index contributed by atoms with van der Waals surface area (Å²) >= 11 is 3.43. The van der Waals surface area contributed by atoms with Crippen molar-refractivity contribution in [3.05, 3.63) is 28.2 Å². The first kappa shape index (κ1) is 15.1. The van der Waals surface area contributed by atoms with Gasteiger partial charge in [0.05, 0.1) is 19.8 Å². The molecule has 0 saturated heterocycles. The third-order valence-corrected chi connectivity index (χ3v) is 3.42. The topological polar surface area (TPSA) is 49.8 Å². The first-order valence-corrected chi connectivity index (χ1v) is 6.58. The van der Waals surface area contributed by atoms with Crippen LogP contribution >= 0.6 is 15.9 Å². The van der Waals surface area contributed by atoms with Crippen molar-refractivity contribution in [2.45, 2.75) is 13.8 Å². The highest BCUT2D eigenvalue weighted by Gasteiger charge is 2.11. The molecule has 0 saturated carbocycles. The van der Waals surface area contributed by atoms with Gasteiger partial charge in [-0.3, -0.25) is 4.79 Å². The molecule has 0 atom stereocenters. The molecule has 1 rings (SSSR count). The fraction of sp³-hybridized carbons (Fsp3) is 0.462. The van der Waals surface area contributed by atoms with E-state index in [0.29, 0.717) is 19.8 Å². The van der Waals surface area contributed by atoms with Gasteiger partial charge in [0.2, 0.25) is 5.91 Å². The maximum Gasteiger partial charge on any atom is 0.223 e. The number of halogens is 1. The Morgan fingerprint density at radius 3 is 2.72 bits per heavy atom. The molecule has 0 bridgehead atoms. The number of ether oxygens (including phenoxy) is 1. The van der Waals surface area contributed by atoms with E-state index in [4.69, 9.17) is 9.84 Å². The van der Waals surface area contributed by atoms with E-state index in [1.807, 2.05) is 25.1 Å². The van der Waals surface area contributed by atoms with Crippen LogP contribution in [0.15, 0.2) is 22.7 Å². The van der Waals surface area contributed by atoms with Crippen molar-refractivity contribution in [1.82, 2.24) is 0 Å². The molecule has 1 aromatic carbocycles. The third-order valence-electron chi connectivity index (χ3n) is 2.53. The van der Waals surface area contributed by atoms with E-state index in [1.54, 1.807) is 4.90 Å². The van der Waals surface area contributed by atoms with Crippen molar-refractivity contribution >= 4 is 27.5 Å². The van der Waals surface area contributed by atoms with Crippen LogP contribution in [0.2, 0.25) is 0 Å². The highest BCUT2D eigenvalue weighted by molar-refractivity contribution is 9.10. The minimum Gasteiger partial charge on any atom is -0.394 e. The molecule has 18 heavy (non-hydrogen) atoms. The van der Waals surface area contributed by atoms with Crippen molar-refractivity contribution in [3.8, 4) is 0 Å². The zero-order chi connectivity index (χ0) is 13.5. The number of nitrogens with zero attached hydrogens (tertiary/aromatic N) is 1. The average Bonchev–Trinajstić information content (AvgIpc) is 2.32. The van der Waals surface area contributed by atoms with Crippen LogP contribution in [0.3, 0.4) is 0 Å². The molecule has 1 amide bonds. The second kappa shape index (κ2) is 7.51. The van der Waals surface area contributed by atoms with Crippen LogP contribution in [0.5, 0.6) is 0 Å². The number of aliphatic hydroxyl groups excluding tert-OH is 1. The molecule has 0 spiro atoms. The van der Waals surface area contributed by atoms with Crippen LogP contribution in [-0.4, -0.2) is 37.4 Å². The summed E-state index contributed by atoms with van der Waals surface area (Å²) in [4.78, 5) is 13.3. The van der Waals surface area contributed by atoms with Crippen molar-refractivity contribution in [1.29, 1.82) is 0 Å². The Hall–Kier alpha value is -0.910. The van der Waals surface area contributed by atoms with Gasteiger partial charge in [-0.15, -0.1) is 0 Å². The van der Waals surface area contributed by atoms with E-state index < -0.39 is 0 Å². The number of carbonyl (C=O) groups excluding carboxylic acids is 1.